The van der Waals surface area contributed by atoms with Crippen molar-refractivity contribution in [2.24, 2.45) is 0 Å². The van der Waals surface area contributed by atoms with E-state index in [4.69, 9.17) is 27.9 Å². The highest BCUT2D eigenvalue weighted by molar-refractivity contribution is 7.16. The minimum Gasteiger partial charge on any atom is -0.394 e. The van der Waals surface area contributed by atoms with Crippen molar-refractivity contribution < 1.29 is 14.9 Å². The first-order valence-electron chi connectivity index (χ1n) is 5.07. The van der Waals surface area contributed by atoms with Gasteiger partial charge >= 0.3 is 0 Å². The normalized spacial score (nSPS) is 15.9. The Morgan fingerprint density at radius 3 is 2.41 bits per heavy atom. The van der Waals surface area contributed by atoms with E-state index in [1.807, 2.05) is 6.92 Å². The van der Waals surface area contributed by atoms with Gasteiger partial charge in [0.1, 0.15) is 5.15 Å². The number of aliphatic hydroxyl groups excluding tert-OH is 1. The molecular weight excluding hydrogens is 285 g/mol. The number of nitrogens with zero attached hydrogens (tertiary/aromatic N) is 1. The molecule has 1 aromatic rings. The van der Waals surface area contributed by atoms with Gasteiger partial charge < -0.3 is 14.9 Å². The van der Waals surface area contributed by atoms with Crippen molar-refractivity contribution in [1.82, 2.24) is 4.98 Å². The first-order chi connectivity index (χ1) is 7.74. The summed E-state index contributed by atoms with van der Waals surface area (Å²) in [5.74, 6) is -1.52. The van der Waals surface area contributed by atoms with E-state index in [1.54, 1.807) is 0 Å². The molecule has 2 N–H and O–H groups in total. The summed E-state index contributed by atoms with van der Waals surface area (Å²) in [4.78, 5) is 4.63. The molecular formula is C10H15Cl2NO3S. The molecule has 1 rings (SSSR count). The zero-order chi connectivity index (χ0) is 13.2. The van der Waals surface area contributed by atoms with Gasteiger partial charge in [0.15, 0.2) is 10.3 Å². The molecule has 1 heterocycles. The predicted octanol–water partition coefficient (Wildman–Crippen LogP) is 2.66. The lowest BCUT2D eigenvalue weighted by Crippen LogP contribution is -2.35. The third-order valence-corrected chi connectivity index (χ3v) is 3.94. The first kappa shape index (κ1) is 15.1. The quantitative estimate of drug-likeness (QED) is 0.821. The monoisotopic (exact) mass is 299 g/mol. The molecule has 0 amide bonds. The molecule has 0 bridgehead atoms. The van der Waals surface area contributed by atoms with E-state index in [1.165, 1.54) is 25.2 Å². The fraction of sp³-hybridized carbons (Fsp3) is 0.700. The maximum absolute atomic E-state index is 9.58. The lowest BCUT2D eigenvalue weighted by atomic mass is 10.0. The molecule has 4 nitrogen and oxygen atoms in total. The highest BCUT2D eigenvalue weighted by Gasteiger charge is 2.28. The molecule has 0 aliphatic heterocycles. The Kier molecular flexibility index (Phi) is 5.19. The summed E-state index contributed by atoms with van der Waals surface area (Å²) >= 11 is 12.9. The summed E-state index contributed by atoms with van der Waals surface area (Å²) < 4.78 is 5.69. The number of ether oxygens (including phenoxy) is 1. The molecule has 0 saturated carbocycles. The second-order valence-corrected chi connectivity index (χ2v) is 6.17. The van der Waals surface area contributed by atoms with Crippen LogP contribution in [0, 0.1) is 0 Å². The molecule has 0 aliphatic rings. The van der Waals surface area contributed by atoms with Crippen molar-refractivity contribution in [2.45, 2.75) is 38.6 Å². The van der Waals surface area contributed by atoms with Crippen LogP contribution in [0.1, 0.15) is 31.6 Å². The number of aromatic nitrogens is 1. The Morgan fingerprint density at radius 1 is 1.47 bits per heavy atom. The van der Waals surface area contributed by atoms with Crippen LogP contribution in [0.2, 0.25) is 9.62 Å². The number of hydrogen-bond donors (Lipinski definition) is 2. The molecule has 2 atom stereocenters. The maximum atomic E-state index is 9.58. The van der Waals surface area contributed by atoms with Crippen LogP contribution < -0.4 is 0 Å². The summed E-state index contributed by atoms with van der Waals surface area (Å²) in [6.07, 6.45) is -0.566. The van der Waals surface area contributed by atoms with Crippen LogP contribution in [0.3, 0.4) is 0 Å². The van der Waals surface area contributed by atoms with E-state index >= 15 is 0 Å². The van der Waals surface area contributed by atoms with E-state index in [2.05, 4.69) is 4.98 Å². The lowest BCUT2D eigenvalue weighted by Gasteiger charge is -2.28. The van der Waals surface area contributed by atoms with Crippen molar-refractivity contribution in [3.8, 4) is 0 Å². The SMILES string of the molecule is CC(c1sc(Cl)nc1Cl)[C@@H](CO)OC(C)(C)O. The summed E-state index contributed by atoms with van der Waals surface area (Å²) in [5.41, 5.74) is 0. The number of rotatable bonds is 5. The van der Waals surface area contributed by atoms with Gasteiger partial charge in [0.2, 0.25) is 0 Å². The van der Waals surface area contributed by atoms with Gasteiger partial charge in [0, 0.05) is 5.92 Å². The van der Waals surface area contributed by atoms with Crippen LogP contribution in [0.4, 0.5) is 0 Å². The van der Waals surface area contributed by atoms with Crippen molar-refractivity contribution in [3.05, 3.63) is 14.5 Å². The average molecular weight is 300 g/mol. The molecule has 7 heteroatoms. The molecule has 1 aromatic heterocycles. The molecule has 0 spiro atoms. The van der Waals surface area contributed by atoms with Crippen LogP contribution in [-0.4, -0.2) is 33.7 Å². The summed E-state index contributed by atoms with van der Waals surface area (Å²) in [7, 11) is 0. The largest absolute Gasteiger partial charge is 0.394 e. The number of thiazole rings is 1. The highest BCUT2D eigenvalue weighted by atomic mass is 35.5. The molecule has 0 fully saturated rings. The second kappa shape index (κ2) is 5.82. The third kappa shape index (κ3) is 4.35. The molecule has 98 valence electrons. The van der Waals surface area contributed by atoms with Gasteiger partial charge in [-0.3, -0.25) is 0 Å². The Balaban J connectivity index is 2.86. The van der Waals surface area contributed by atoms with E-state index in [-0.39, 0.29) is 12.5 Å². The van der Waals surface area contributed by atoms with E-state index in [0.717, 1.165) is 4.88 Å². The van der Waals surface area contributed by atoms with Crippen LogP contribution in [0.25, 0.3) is 0 Å². The Bertz CT molecular complexity index is 378. The third-order valence-electron chi connectivity index (χ3n) is 2.17. The number of aliphatic hydroxyl groups is 2. The van der Waals surface area contributed by atoms with E-state index in [0.29, 0.717) is 9.62 Å². The molecule has 0 radical (unpaired) electrons. The summed E-state index contributed by atoms with van der Waals surface area (Å²) in [6.45, 7) is 4.62. The van der Waals surface area contributed by atoms with Gasteiger partial charge in [-0.1, -0.05) is 30.1 Å². The fourth-order valence-electron chi connectivity index (χ4n) is 1.41. The zero-order valence-electron chi connectivity index (χ0n) is 9.78. The second-order valence-electron chi connectivity index (χ2n) is 4.20. The Hall–Kier alpha value is 0.0900. The smallest absolute Gasteiger partial charge is 0.185 e. The van der Waals surface area contributed by atoms with Crippen LogP contribution >= 0.6 is 34.5 Å². The van der Waals surface area contributed by atoms with Crippen molar-refractivity contribution >= 4 is 34.5 Å². The van der Waals surface area contributed by atoms with Gasteiger partial charge in [-0.05, 0) is 13.8 Å². The van der Waals surface area contributed by atoms with Gasteiger partial charge in [-0.25, -0.2) is 4.98 Å². The molecule has 0 aromatic carbocycles. The van der Waals surface area contributed by atoms with Crippen LogP contribution in [-0.2, 0) is 4.74 Å². The number of halogens is 2. The van der Waals surface area contributed by atoms with E-state index in [9.17, 15) is 10.2 Å². The minimum absolute atomic E-state index is 0.205. The van der Waals surface area contributed by atoms with Crippen LogP contribution in [0.15, 0.2) is 0 Å². The topological polar surface area (TPSA) is 62.6 Å². The summed E-state index contributed by atoms with van der Waals surface area (Å²) in [5, 5.41) is 19.2. The Labute approximate surface area is 114 Å². The maximum Gasteiger partial charge on any atom is 0.185 e. The standard InChI is InChI=1S/C10H15Cl2NO3S/c1-5(6(4-14)16-10(2,3)15)7-8(11)13-9(12)17-7/h5-6,14-15H,4H2,1-3H3/t5?,6-/m1/s1. The Morgan fingerprint density at radius 2 is 2.06 bits per heavy atom. The summed E-state index contributed by atoms with van der Waals surface area (Å²) in [6, 6.07) is 0. The first-order valence-corrected chi connectivity index (χ1v) is 6.64. The van der Waals surface area contributed by atoms with Crippen molar-refractivity contribution in [1.29, 1.82) is 0 Å². The highest BCUT2D eigenvalue weighted by Crippen LogP contribution is 2.36. The zero-order valence-corrected chi connectivity index (χ0v) is 12.1. The lowest BCUT2D eigenvalue weighted by molar-refractivity contribution is -0.216. The fourth-order valence-corrected chi connectivity index (χ4v) is 2.99. The van der Waals surface area contributed by atoms with Gasteiger partial charge in [-0.15, -0.1) is 11.3 Å². The van der Waals surface area contributed by atoms with Crippen LogP contribution in [0.5, 0.6) is 0 Å². The molecule has 0 saturated heterocycles. The number of hydrogen-bond acceptors (Lipinski definition) is 5. The predicted molar refractivity (Wildman–Crippen MR) is 68.8 cm³/mol. The molecule has 17 heavy (non-hydrogen) atoms. The molecule has 0 aliphatic carbocycles. The van der Waals surface area contributed by atoms with Gasteiger partial charge in [0.25, 0.3) is 0 Å². The average Bonchev–Trinajstić information content (AvgIpc) is 2.52. The van der Waals surface area contributed by atoms with Gasteiger partial charge in [-0.2, -0.15) is 0 Å². The van der Waals surface area contributed by atoms with Crippen molar-refractivity contribution in [3.63, 3.8) is 0 Å². The van der Waals surface area contributed by atoms with Gasteiger partial charge in [0.05, 0.1) is 17.6 Å². The minimum atomic E-state index is -1.32. The molecule has 1 unspecified atom stereocenters. The van der Waals surface area contributed by atoms with Crippen molar-refractivity contribution in [2.75, 3.05) is 6.61 Å². The van der Waals surface area contributed by atoms with E-state index < -0.39 is 11.9 Å².